The number of benzene rings is 1. The summed E-state index contributed by atoms with van der Waals surface area (Å²) in [6.07, 6.45) is 4.58. The molecule has 3 heterocycles. The van der Waals surface area contributed by atoms with Crippen LogP contribution in [-0.4, -0.2) is 30.7 Å². The lowest BCUT2D eigenvalue weighted by Gasteiger charge is -2.35. The molecule has 4 nitrogen and oxygen atoms in total. The molecular weight excluding hydrogens is 310 g/mol. The number of ether oxygens (including phenoxy) is 1. The quantitative estimate of drug-likeness (QED) is 0.923. The van der Waals surface area contributed by atoms with Crippen LogP contribution in [0.3, 0.4) is 0 Å². The van der Waals surface area contributed by atoms with Gasteiger partial charge in [-0.05, 0) is 50.8 Å². The Bertz CT molecular complexity index is 710. The molecule has 4 heteroatoms. The van der Waals surface area contributed by atoms with Gasteiger partial charge in [0.15, 0.2) is 0 Å². The summed E-state index contributed by atoms with van der Waals surface area (Å²) in [5, 5.41) is 3.91. The molecule has 2 aliphatic heterocycles. The highest BCUT2D eigenvalue weighted by molar-refractivity contribution is 5.40. The second-order valence-corrected chi connectivity index (χ2v) is 7.15. The molecule has 0 spiro atoms. The van der Waals surface area contributed by atoms with E-state index >= 15 is 0 Å². The zero-order valence-corrected chi connectivity index (χ0v) is 14.9. The van der Waals surface area contributed by atoms with Gasteiger partial charge in [0, 0.05) is 36.4 Å². The summed E-state index contributed by atoms with van der Waals surface area (Å²) in [6, 6.07) is 15.8. The van der Waals surface area contributed by atoms with Gasteiger partial charge >= 0.3 is 0 Å². The number of pyridine rings is 1. The van der Waals surface area contributed by atoms with E-state index < -0.39 is 0 Å². The topological polar surface area (TPSA) is 37.4 Å². The summed E-state index contributed by atoms with van der Waals surface area (Å²) in [6.45, 7) is 5.02. The van der Waals surface area contributed by atoms with Crippen LogP contribution in [-0.2, 0) is 0 Å². The molecule has 1 unspecified atom stereocenters. The molecule has 0 radical (unpaired) electrons. The maximum Gasteiger partial charge on any atom is 0.128 e. The lowest BCUT2D eigenvalue weighted by Crippen LogP contribution is -2.44. The lowest BCUT2D eigenvalue weighted by atomic mass is 9.98. The Balaban J connectivity index is 1.39. The van der Waals surface area contributed by atoms with Gasteiger partial charge in [0.1, 0.15) is 11.6 Å². The number of hydrogen-bond donors (Lipinski definition) is 1. The predicted octanol–water partition coefficient (Wildman–Crippen LogP) is 3.86. The lowest BCUT2D eigenvalue weighted by molar-refractivity contribution is 0.312. The number of aryl methyl sites for hydroxylation is 1. The number of piperidine rings is 1. The third kappa shape index (κ3) is 3.79. The van der Waals surface area contributed by atoms with Gasteiger partial charge < -0.3 is 15.0 Å². The van der Waals surface area contributed by atoms with Crippen LogP contribution in [0, 0.1) is 6.92 Å². The fraction of sp³-hybridized carbons (Fsp3) is 0.476. The van der Waals surface area contributed by atoms with Crippen LogP contribution >= 0.6 is 0 Å². The van der Waals surface area contributed by atoms with Crippen molar-refractivity contribution in [3.63, 3.8) is 0 Å². The Morgan fingerprint density at radius 3 is 2.72 bits per heavy atom. The number of fused-ring (bicyclic) bond motifs is 1. The van der Waals surface area contributed by atoms with Crippen molar-refractivity contribution in [2.24, 2.45) is 0 Å². The van der Waals surface area contributed by atoms with Gasteiger partial charge in [0.05, 0.1) is 6.61 Å². The number of anilines is 1. The van der Waals surface area contributed by atoms with Crippen molar-refractivity contribution >= 4 is 5.82 Å². The first-order chi connectivity index (χ1) is 12.3. The van der Waals surface area contributed by atoms with Crippen LogP contribution in [0.2, 0.25) is 0 Å². The SMILES string of the molecule is Cc1cccc(N2CCC(NC3CCCOc4ccccc43)CC2)n1. The summed E-state index contributed by atoms with van der Waals surface area (Å²) in [4.78, 5) is 7.08. The second kappa shape index (κ2) is 7.44. The van der Waals surface area contributed by atoms with Crippen molar-refractivity contribution in [1.82, 2.24) is 10.3 Å². The standard InChI is InChI=1S/C21H27N3O/c1-16-6-4-10-21(22-16)24-13-11-17(12-14-24)23-19-8-5-15-25-20-9-3-2-7-18(19)20/h2-4,6-7,9-10,17,19,23H,5,8,11-15H2,1H3. The fourth-order valence-corrected chi connectivity index (χ4v) is 3.96. The molecule has 0 aliphatic carbocycles. The first-order valence-corrected chi connectivity index (χ1v) is 9.46. The number of rotatable bonds is 3. The zero-order chi connectivity index (χ0) is 17.1. The molecule has 2 aliphatic rings. The molecule has 1 N–H and O–H groups in total. The first kappa shape index (κ1) is 16.4. The number of nitrogens with one attached hydrogen (secondary N) is 1. The molecule has 4 rings (SSSR count). The van der Waals surface area contributed by atoms with E-state index in [0.29, 0.717) is 12.1 Å². The largest absolute Gasteiger partial charge is 0.493 e. The van der Waals surface area contributed by atoms with E-state index in [2.05, 4.69) is 64.6 Å². The summed E-state index contributed by atoms with van der Waals surface area (Å²) < 4.78 is 5.90. The number of hydrogen-bond acceptors (Lipinski definition) is 4. The van der Waals surface area contributed by atoms with Crippen molar-refractivity contribution in [3.05, 3.63) is 53.7 Å². The van der Waals surface area contributed by atoms with Crippen molar-refractivity contribution in [1.29, 1.82) is 0 Å². The Hall–Kier alpha value is -2.07. The number of para-hydroxylation sites is 1. The molecule has 2 aromatic rings. The number of aromatic nitrogens is 1. The fourth-order valence-electron chi connectivity index (χ4n) is 3.96. The van der Waals surface area contributed by atoms with Gasteiger partial charge in [-0.15, -0.1) is 0 Å². The zero-order valence-electron chi connectivity index (χ0n) is 14.9. The first-order valence-electron chi connectivity index (χ1n) is 9.46. The summed E-state index contributed by atoms with van der Waals surface area (Å²) in [7, 11) is 0. The van der Waals surface area contributed by atoms with Gasteiger partial charge in [0.25, 0.3) is 0 Å². The van der Waals surface area contributed by atoms with Crippen molar-refractivity contribution in [2.45, 2.75) is 44.7 Å². The highest BCUT2D eigenvalue weighted by Gasteiger charge is 2.25. The normalized spacial score (nSPS) is 21.3. The summed E-state index contributed by atoms with van der Waals surface area (Å²) >= 11 is 0. The molecular formula is C21H27N3O. The molecule has 0 bridgehead atoms. The minimum atomic E-state index is 0.410. The smallest absolute Gasteiger partial charge is 0.128 e. The molecule has 1 atom stereocenters. The molecule has 132 valence electrons. The van der Waals surface area contributed by atoms with E-state index in [-0.39, 0.29) is 0 Å². The third-order valence-corrected chi connectivity index (χ3v) is 5.32. The van der Waals surface area contributed by atoms with Crippen LogP contribution < -0.4 is 15.0 Å². The van der Waals surface area contributed by atoms with Gasteiger partial charge in [-0.3, -0.25) is 0 Å². The summed E-state index contributed by atoms with van der Waals surface area (Å²) in [5.41, 5.74) is 2.41. The predicted molar refractivity (Wildman–Crippen MR) is 101 cm³/mol. The van der Waals surface area contributed by atoms with E-state index in [1.807, 2.05) is 0 Å². The maximum absolute atomic E-state index is 5.90. The Morgan fingerprint density at radius 2 is 1.88 bits per heavy atom. The molecule has 0 amide bonds. The highest BCUT2D eigenvalue weighted by Crippen LogP contribution is 2.32. The van der Waals surface area contributed by atoms with Gasteiger partial charge in [-0.25, -0.2) is 4.98 Å². The van der Waals surface area contributed by atoms with Crippen molar-refractivity contribution in [2.75, 3.05) is 24.6 Å². The Kier molecular flexibility index (Phi) is 4.88. The van der Waals surface area contributed by atoms with E-state index in [9.17, 15) is 0 Å². The monoisotopic (exact) mass is 337 g/mol. The van der Waals surface area contributed by atoms with E-state index in [1.165, 1.54) is 5.56 Å². The van der Waals surface area contributed by atoms with Crippen LogP contribution in [0.5, 0.6) is 5.75 Å². The number of nitrogens with zero attached hydrogens (tertiary/aromatic N) is 2. The van der Waals surface area contributed by atoms with Crippen LogP contribution in [0.25, 0.3) is 0 Å². The minimum Gasteiger partial charge on any atom is -0.493 e. The van der Waals surface area contributed by atoms with E-state index in [0.717, 1.165) is 62.6 Å². The second-order valence-electron chi connectivity index (χ2n) is 7.15. The minimum absolute atomic E-state index is 0.410. The average molecular weight is 337 g/mol. The van der Waals surface area contributed by atoms with E-state index in [1.54, 1.807) is 0 Å². The molecule has 1 saturated heterocycles. The Morgan fingerprint density at radius 1 is 1.04 bits per heavy atom. The molecule has 1 aromatic heterocycles. The van der Waals surface area contributed by atoms with Crippen LogP contribution in [0.4, 0.5) is 5.82 Å². The van der Waals surface area contributed by atoms with Crippen LogP contribution in [0.1, 0.15) is 43.0 Å². The average Bonchev–Trinajstić information content (AvgIpc) is 2.85. The molecule has 1 aromatic carbocycles. The molecule has 1 fully saturated rings. The van der Waals surface area contributed by atoms with Crippen LogP contribution in [0.15, 0.2) is 42.5 Å². The van der Waals surface area contributed by atoms with Gasteiger partial charge in [0.2, 0.25) is 0 Å². The van der Waals surface area contributed by atoms with Gasteiger partial charge in [-0.1, -0.05) is 24.3 Å². The maximum atomic E-state index is 5.90. The van der Waals surface area contributed by atoms with Crippen molar-refractivity contribution in [3.8, 4) is 5.75 Å². The third-order valence-electron chi connectivity index (χ3n) is 5.32. The van der Waals surface area contributed by atoms with Crippen molar-refractivity contribution < 1.29 is 4.74 Å². The van der Waals surface area contributed by atoms with E-state index in [4.69, 9.17) is 4.74 Å². The highest BCUT2D eigenvalue weighted by atomic mass is 16.5. The summed E-state index contributed by atoms with van der Waals surface area (Å²) in [5.74, 6) is 2.17. The van der Waals surface area contributed by atoms with Gasteiger partial charge in [-0.2, -0.15) is 0 Å². The molecule has 0 saturated carbocycles. The molecule has 25 heavy (non-hydrogen) atoms. The Labute approximate surface area is 150 Å².